The second kappa shape index (κ2) is 17.1. The number of hydrogen-bond donors (Lipinski definition) is 3. The van der Waals surface area contributed by atoms with Gasteiger partial charge >= 0.3 is 5.97 Å². The number of nitrogens with one attached hydrogen (secondary N) is 3. The number of rotatable bonds is 10. The third kappa shape index (κ3) is 10.7. The molecule has 12 nitrogen and oxygen atoms in total. The number of halogens is 2. The largest absolute Gasteiger partial charge is 0.459 e. The predicted molar refractivity (Wildman–Crippen MR) is 171 cm³/mol. The van der Waals surface area contributed by atoms with Gasteiger partial charge < -0.3 is 29.8 Å². The molecule has 3 amide bonds. The first-order chi connectivity index (χ1) is 23.0. The van der Waals surface area contributed by atoms with Crippen LogP contribution in [-0.4, -0.2) is 52.1 Å². The van der Waals surface area contributed by atoms with E-state index in [2.05, 4.69) is 21.1 Å². The van der Waals surface area contributed by atoms with Crippen LogP contribution in [0.4, 0.5) is 14.5 Å². The molecule has 256 valence electrons. The van der Waals surface area contributed by atoms with Crippen molar-refractivity contribution < 1.29 is 37.2 Å². The second-order valence-electron chi connectivity index (χ2n) is 11.8. The highest BCUT2D eigenvalue weighted by molar-refractivity contribution is 6.02. The molecule has 0 spiro atoms. The van der Waals surface area contributed by atoms with Crippen molar-refractivity contribution in [3.05, 3.63) is 93.8 Å². The lowest BCUT2D eigenvalue weighted by Gasteiger charge is -2.21. The molecule has 3 heterocycles. The Morgan fingerprint density at radius 2 is 1.85 bits per heavy atom. The van der Waals surface area contributed by atoms with Crippen molar-refractivity contribution in [2.75, 3.05) is 11.9 Å². The summed E-state index contributed by atoms with van der Waals surface area (Å²) in [5.74, 6) is -3.14. The summed E-state index contributed by atoms with van der Waals surface area (Å²) in [4.78, 5) is 62.7. The third-order valence-electron chi connectivity index (χ3n) is 7.87. The van der Waals surface area contributed by atoms with E-state index in [9.17, 15) is 32.8 Å². The lowest BCUT2D eigenvalue weighted by Crippen LogP contribution is -2.40. The average Bonchev–Trinajstić information content (AvgIpc) is 3.68. The van der Waals surface area contributed by atoms with Crippen LogP contribution in [0.5, 0.6) is 0 Å². The van der Waals surface area contributed by atoms with Crippen molar-refractivity contribution in [3.63, 3.8) is 0 Å². The first-order valence-corrected chi connectivity index (χ1v) is 15.8. The van der Waals surface area contributed by atoms with Crippen LogP contribution in [0.15, 0.2) is 64.1 Å². The Morgan fingerprint density at radius 3 is 2.50 bits per heavy atom. The lowest BCUT2D eigenvalue weighted by atomic mass is 9.97. The highest BCUT2D eigenvalue weighted by Gasteiger charge is 2.27. The molecule has 1 saturated carbocycles. The van der Waals surface area contributed by atoms with E-state index in [0.717, 1.165) is 54.4 Å². The van der Waals surface area contributed by atoms with Gasteiger partial charge in [0.1, 0.15) is 24.1 Å². The van der Waals surface area contributed by atoms with E-state index in [1.165, 1.54) is 42.6 Å². The Kier molecular flexibility index (Phi) is 12.7. The van der Waals surface area contributed by atoms with Crippen LogP contribution in [0.25, 0.3) is 0 Å². The van der Waals surface area contributed by atoms with Gasteiger partial charge in [0.15, 0.2) is 17.3 Å². The topological polar surface area (TPSA) is 162 Å². The number of ether oxygens (including phenoxy) is 1. The van der Waals surface area contributed by atoms with Gasteiger partial charge in [-0.15, -0.1) is 0 Å². The van der Waals surface area contributed by atoms with Crippen LogP contribution >= 0.6 is 0 Å². The fraction of sp³-hybridized carbons (Fsp3) is 0.412. The van der Waals surface area contributed by atoms with Crippen molar-refractivity contribution in [2.45, 2.75) is 77.5 Å². The molecule has 1 saturated heterocycles. The average molecular weight is 668 g/mol. The number of benzene rings is 1. The molecule has 1 aliphatic heterocycles. The van der Waals surface area contributed by atoms with Gasteiger partial charge in [-0.3, -0.25) is 19.2 Å². The van der Waals surface area contributed by atoms with Gasteiger partial charge in [-0.1, -0.05) is 23.7 Å². The normalized spacial score (nSPS) is 16.8. The summed E-state index contributed by atoms with van der Waals surface area (Å²) < 4.78 is 35.9. The van der Waals surface area contributed by atoms with Crippen molar-refractivity contribution in [1.82, 2.24) is 20.4 Å². The van der Waals surface area contributed by atoms with E-state index < -0.39 is 41.0 Å². The highest BCUT2D eigenvalue weighted by atomic mass is 19.2. The number of amides is 3. The first kappa shape index (κ1) is 35.7. The van der Waals surface area contributed by atoms with E-state index in [0.29, 0.717) is 25.1 Å². The molecule has 0 bridgehead atoms. The fourth-order valence-electron chi connectivity index (χ4n) is 5.37. The van der Waals surface area contributed by atoms with Crippen LogP contribution in [0.3, 0.4) is 0 Å². The van der Waals surface area contributed by atoms with Gasteiger partial charge in [-0.25, -0.2) is 13.6 Å². The lowest BCUT2D eigenvalue weighted by molar-refractivity contribution is -0.144. The number of nitrogens with zero attached hydrogens (tertiary/aromatic N) is 2. The summed E-state index contributed by atoms with van der Waals surface area (Å²) in [6.07, 6.45) is 9.96. The van der Waals surface area contributed by atoms with Gasteiger partial charge in [0.25, 0.3) is 11.5 Å². The zero-order chi connectivity index (χ0) is 34.6. The molecule has 5 rings (SSSR count). The van der Waals surface area contributed by atoms with Gasteiger partial charge in [0, 0.05) is 36.8 Å². The Balaban J connectivity index is 0.000000500. The highest BCUT2D eigenvalue weighted by Crippen LogP contribution is 2.21. The minimum atomic E-state index is -0.791. The van der Waals surface area contributed by atoms with Crippen molar-refractivity contribution in [2.24, 2.45) is 5.92 Å². The van der Waals surface area contributed by atoms with Crippen molar-refractivity contribution in [3.8, 4) is 0 Å². The summed E-state index contributed by atoms with van der Waals surface area (Å²) in [5, 5.41) is 11.7. The maximum absolute atomic E-state index is 12.9. The van der Waals surface area contributed by atoms with Gasteiger partial charge in [-0.2, -0.15) is 0 Å². The van der Waals surface area contributed by atoms with E-state index in [1.54, 1.807) is 13.8 Å². The maximum Gasteiger partial charge on any atom is 0.330 e. The Bertz CT molecular complexity index is 1700. The number of hydrogen-bond acceptors (Lipinski definition) is 8. The summed E-state index contributed by atoms with van der Waals surface area (Å²) in [5.41, 5.74) is 0.140. The molecule has 48 heavy (non-hydrogen) atoms. The Hall–Kier alpha value is -5.14. The van der Waals surface area contributed by atoms with Crippen LogP contribution in [-0.2, 0) is 25.7 Å². The maximum atomic E-state index is 12.9. The van der Waals surface area contributed by atoms with Crippen LogP contribution in [0.2, 0.25) is 0 Å². The van der Waals surface area contributed by atoms with Gasteiger partial charge in [0.2, 0.25) is 11.8 Å². The number of aryl methyl sites for hydroxylation is 2. The molecule has 0 unspecified atom stereocenters. The van der Waals surface area contributed by atoms with Crippen molar-refractivity contribution in [1.29, 1.82) is 0 Å². The summed E-state index contributed by atoms with van der Waals surface area (Å²) in [6.45, 7) is 3.57. The van der Waals surface area contributed by atoms with E-state index >= 15 is 0 Å². The van der Waals surface area contributed by atoms with Crippen LogP contribution in [0.1, 0.15) is 66.8 Å². The van der Waals surface area contributed by atoms with E-state index in [4.69, 9.17) is 9.26 Å². The predicted octanol–water partition coefficient (Wildman–Crippen LogP) is 4.11. The molecule has 1 aromatic carbocycles. The van der Waals surface area contributed by atoms with Crippen LogP contribution < -0.4 is 21.5 Å². The summed E-state index contributed by atoms with van der Waals surface area (Å²) in [6, 6.07) is 7.56. The molecule has 2 aromatic heterocycles. The molecule has 1 aliphatic carbocycles. The summed E-state index contributed by atoms with van der Waals surface area (Å²) in [7, 11) is 0. The SMILES string of the molecule is Cc1cc(C(=O)Nc2cccn(CC(=O)N[C@H](/C=C/C(=O)OC3CCCCC3)C[C@@H]3CCNC3=O)c2=O)no1.Cc1ccc(F)c(F)c1. The standard InChI is InChI=1S/C27H33N5O7.C7H6F2/c1-17-14-22(31-39-17)26(36)30-21-8-5-13-32(27(21)37)16-23(33)29-19(15-18-11-12-28-25(18)35)9-10-24(34)38-20-6-3-2-4-7-20;1-5-2-3-6(8)7(9)4-5/h5,8-10,13-14,18-20H,2-4,6-7,11-12,15-16H2,1H3,(H,28,35)(H,29,33)(H,30,36);2-4H,1H3/b10-9+;/t18-,19+;/m0./s1. The Labute approximate surface area is 275 Å². The molecule has 2 atom stereocenters. The van der Waals surface area contributed by atoms with Crippen LogP contribution in [0, 0.1) is 31.4 Å². The smallest absolute Gasteiger partial charge is 0.330 e. The van der Waals surface area contributed by atoms with Crippen molar-refractivity contribution >= 4 is 29.4 Å². The number of anilines is 1. The molecule has 3 aromatic rings. The fourth-order valence-corrected chi connectivity index (χ4v) is 5.37. The molecular formula is C34H39F2N5O7. The molecule has 0 radical (unpaired) electrons. The minimum absolute atomic E-state index is 0.0210. The summed E-state index contributed by atoms with van der Waals surface area (Å²) >= 11 is 0. The number of esters is 1. The monoisotopic (exact) mass is 667 g/mol. The molecular weight excluding hydrogens is 628 g/mol. The zero-order valence-corrected chi connectivity index (χ0v) is 26.8. The number of pyridine rings is 1. The first-order valence-electron chi connectivity index (χ1n) is 15.8. The molecule has 2 fully saturated rings. The zero-order valence-electron chi connectivity index (χ0n) is 26.8. The van der Waals surface area contributed by atoms with E-state index in [-0.39, 0.29) is 35.9 Å². The molecule has 3 N–H and O–H groups in total. The Morgan fingerprint density at radius 1 is 1.08 bits per heavy atom. The second-order valence-corrected chi connectivity index (χ2v) is 11.8. The van der Waals surface area contributed by atoms with E-state index in [1.807, 2.05) is 0 Å². The molecule has 2 aliphatic rings. The molecule has 14 heteroatoms. The minimum Gasteiger partial charge on any atom is -0.459 e. The number of carbonyl (C=O) groups is 4. The quantitative estimate of drug-likeness (QED) is 0.215. The third-order valence-corrected chi connectivity index (χ3v) is 7.87. The van der Waals surface area contributed by atoms with Gasteiger partial charge in [0.05, 0.1) is 0 Å². The number of aromatic nitrogens is 2. The number of carbonyl (C=O) groups excluding carboxylic acids is 4. The van der Waals surface area contributed by atoms with Gasteiger partial charge in [-0.05, 0) is 82.2 Å².